The molecule has 0 saturated heterocycles. The molecule has 4 rings (SSSR count). The lowest BCUT2D eigenvalue weighted by atomic mass is 10.1. The molecule has 0 radical (unpaired) electrons. The van der Waals surface area contributed by atoms with Crippen molar-refractivity contribution in [3.05, 3.63) is 78.2 Å². The standard InChI is InChI=1S/C24H25FN4O/c1-3-4-14-26-21-10-8-18(9-11-21)22-16-27-23-12-13-24(28-29(22)23)30-17(2)19-6-5-7-20(25)15-19/h5-13,15-17,26H,3-4,14H2,1-2H3. The predicted molar refractivity (Wildman–Crippen MR) is 117 cm³/mol. The number of ether oxygens (including phenoxy) is 1. The molecule has 0 aliphatic rings. The zero-order chi connectivity index (χ0) is 20.9. The summed E-state index contributed by atoms with van der Waals surface area (Å²) in [4.78, 5) is 4.45. The molecule has 0 aliphatic heterocycles. The van der Waals surface area contributed by atoms with Gasteiger partial charge in [-0.15, -0.1) is 5.10 Å². The lowest BCUT2D eigenvalue weighted by Gasteiger charge is -2.14. The maximum absolute atomic E-state index is 13.5. The van der Waals surface area contributed by atoms with E-state index in [1.54, 1.807) is 16.6 Å². The van der Waals surface area contributed by atoms with E-state index in [1.165, 1.54) is 18.6 Å². The molecule has 4 aromatic rings. The third-order valence-electron chi connectivity index (χ3n) is 4.99. The third kappa shape index (κ3) is 4.43. The van der Waals surface area contributed by atoms with E-state index in [2.05, 4.69) is 46.6 Å². The maximum Gasteiger partial charge on any atom is 0.232 e. The molecule has 6 heteroatoms. The van der Waals surface area contributed by atoms with E-state index in [1.807, 2.05) is 25.3 Å². The molecular formula is C24H25FN4O. The van der Waals surface area contributed by atoms with Crippen molar-refractivity contribution < 1.29 is 9.13 Å². The summed E-state index contributed by atoms with van der Waals surface area (Å²) in [6, 6.07) is 18.3. The molecule has 5 nitrogen and oxygen atoms in total. The Bertz CT molecular complexity index is 1120. The van der Waals surface area contributed by atoms with Gasteiger partial charge in [0.15, 0.2) is 5.65 Å². The van der Waals surface area contributed by atoms with Gasteiger partial charge in [-0.25, -0.2) is 13.9 Å². The summed E-state index contributed by atoms with van der Waals surface area (Å²) in [5.41, 5.74) is 4.50. The van der Waals surface area contributed by atoms with Crippen LogP contribution in [0, 0.1) is 5.82 Å². The summed E-state index contributed by atoms with van der Waals surface area (Å²) in [6.45, 7) is 5.02. The molecule has 0 bridgehead atoms. The first-order valence-corrected chi connectivity index (χ1v) is 10.3. The highest BCUT2D eigenvalue weighted by atomic mass is 19.1. The number of nitrogens with zero attached hydrogens (tertiary/aromatic N) is 3. The number of halogens is 1. The van der Waals surface area contributed by atoms with Crippen molar-refractivity contribution in [3.8, 4) is 17.1 Å². The van der Waals surface area contributed by atoms with Gasteiger partial charge in [-0.1, -0.05) is 37.6 Å². The van der Waals surface area contributed by atoms with E-state index in [9.17, 15) is 4.39 Å². The van der Waals surface area contributed by atoms with Gasteiger partial charge < -0.3 is 10.1 Å². The minimum Gasteiger partial charge on any atom is -0.469 e. The summed E-state index contributed by atoms with van der Waals surface area (Å²) in [6.07, 6.45) is 3.80. The minimum atomic E-state index is -0.328. The van der Waals surface area contributed by atoms with Crippen LogP contribution in [0.5, 0.6) is 5.88 Å². The molecule has 1 atom stereocenters. The van der Waals surface area contributed by atoms with Gasteiger partial charge in [0.2, 0.25) is 5.88 Å². The van der Waals surface area contributed by atoms with Crippen LogP contribution in [0.2, 0.25) is 0 Å². The zero-order valence-electron chi connectivity index (χ0n) is 17.2. The Morgan fingerprint density at radius 1 is 1.10 bits per heavy atom. The number of nitrogens with one attached hydrogen (secondary N) is 1. The largest absolute Gasteiger partial charge is 0.469 e. The summed E-state index contributed by atoms with van der Waals surface area (Å²) < 4.78 is 21.2. The van der Waals surface area contributed by atoms with Crippen LogP contribution in [0.3, 0.4) is 0 Å². The Balaban J connectivity index is 1.55. The summed E-state index contributed by atoms with van der Waals surface area (Å²) in [5.74, 6) is 0.173. The molecular weight excluding hydrogens is 379 g/mol. The molecule has 0 saturated carbocycles. The van der Waals surface area contributed by atoms with Crippen LogP contribution in [0.4, 0.5) is 10.1 Å². The molecule has 1 unspecified atom stereocenters. The van der Waals surface area contributed by atoms with Gasteiger partial charge in [0.25, 0.3) is 0 Å². The van der Waals surface area contributed by atoms with E-state index in [0.29, 0.717) is 5.88 Å². The zero-order valence-corrected chi connectivity index (χ0v) is 17.2. The fourth-order valence-corrected chi connectivity index (χ4v) is 3.29. The van der Waals surface area contributed by atoms with Crippen LogP contribution in [-0.2, 0) is 0 Å². The first-order chi connectivity index (χ1) is 14.6. The van der Waals surface area contributed by atoms with Crippen LogP contribution < -0.4 is 10.1 Å². The fourth-order valence-electron chi connectivity index (χ4n) is 3.29. The smallest absolute Gasteiger partial charge is 0.232 e. The van der Waals surface area contributed by atoms with Crippen LogP contribution >= 0.6 is 0 Å². The SMILES string of the molecule is CCCCNc1ccc(-c2cnc3ccc(OC(C)c4cccc(F)c4)nn23)cc1. The molecule has 0 fully saturated rings. The number of hydrogen-bond donors (Lipinski definition) is 1. The number of hydrogen-bond acceptors (Lipinski definition) is 4. The Morgan fingerprint density at radius 3 is 2.70 bits per heavy atom. The molecule has 0 aliphatic carbocycles. The van der Waals surface area contributed by atoms with Gasteiger partial charge in [0.05, 0.1) is 11.9 Å². The highest BCUT2D eigenvalue weighted by molar-refractivity contribution is 5.65. The van der Waals surface area contributed by atoms with Crippen LogP contribution in [-0.4, -0.2) is 21.1 Å². The number of benzene rings is 2. The van der Waals surface area contributed by atoms with E-state index >= 15 is 0 Å². The molecule has 2 aromatic carbocycles. The monoisotopic (exact) mass is 404 g/mol. The van der Waals surface area contributed by atoms with E-state index < -0.39 is 0 Å². The Morgan fingerprint density at radius 2 is 1.93 bits per heavy atom. The average molecular weight is 404 g/mol. The van der Waals surface area contributed by atoms with Crippen molar-refractivity contribution in [1.82, 2.24) is 14.6 Å². The second-order valence-corrected chi connectivity index (χ2v) is 7.26. The molecule has 2 heterocycles. The van der Waals surface area contributed by atoms with Crippen molar-refractivity contribution in [2.75, 3.05) is 11.9 Å². The highest BCUT2D eigenvalue weighted by Crippen LogP contribution is 2.25. The molecule has 0 amide bonds. The topological polar surface area (TPSA) is 51.5 Å². The number of unbranched alkanes of at least 4 members (excludes halogenated alkanes) is 1. The summed E-state index contributed by atoms with van der Waals surface area (Å²) >= 11 is 0. The second-order valence-electron chi connectivity index (χ2n) is 7.26. The normalized spacial score (nSPS) is 12.1. The third-order valence-corrected chi connectivity index (χ3v) is 4.99. The van der Waals surface area contributed by atoms with Crippen LogP contribution in [0.15, 0.2) is 66.9 Å². The molecule has 30 heavy (non-hydrogen) atoms. The molecule has 2 aromatic heterocycles. The van der Waals surface area contributed by atoms with Gasteiger partial charge >= 0.3 is 0 Å². The van der Waals surface area contributed by atoms with E-state index in [-0.39, 0.29) is 11.9 Å². The number of fused-ring (bicyclic) bond motifs is 1. The van der Waals surface area contributed by atoms with Crippen LogP contribution in [0.1, 0.15) is 38.4 Å². The van der Waals surface area contributed by atoms with Crippen molar-refractivity contribution in [1.29, 1.82) is 0 Å². The number of aromatic nitrogens is 3. The minimum absolute atomic E-state index is 0.282. The summed E-state index contributed by atoms with van der Waals surface area (Å²) in [7, 11) is 0. The number of imidazole rings is 1. The van der Waals surface area contributed by atoms with Crippen molar-refractivity contribution in [2.45, 2.75) is 32.8 Å². The Kier molecular flexibility index (Phi) is 5.93. The summed E-state index contributed by atoms with van der Waals surface area (Å²) in [5, 5.41) is 8.03. The maximum atomic E-state index is 13.5. The quantitative estimate of drug-likeness (QED) is 0.372. The lowest BCUT2D eigenvalue weighted by molar-refractivity contribution is 0.214. The highest BCUT2D eigenvalue weighted by Gasteiger charge is 2.12. The first-order valence-electron chi connectivity index (χ1n) is 10.3. The van der Waals surface area contributed by atoms with Gasteiger partial charge in [-0.05, 0) is 49.2 Å². The molecule has 1 N–H and O–H groups in total. The van der Waals surface area contributed by atoms with Crippen molar-refractivity contribution in [2.24, 2.45) is 0 Å². The van der Waals surface area contributed by atoms with Crippen molar-refractivity contribution in [3.63, 3.8) is 0 Å². The Hall–Kier alpha value is -3.41. The van der Waals surface area contributed by atoms with Gasteiger partial charge in [0.1, 0.15) is 11.9 Å². The van der Waals surface area contributed by atoms with Crippen molar-refractivity contribution >= 4 is 11.3 Å². The van der Waals surface area contributed by atoms with Crippen LogP contribution in [0.25, 0.3) is 16.9 Å². The number of anilines is 1. The fraction of sp³-hybridized carbons (Fsp3) is 0.250. The Labute approximate surface area is 175 Å². The first kappa shape index (κ1) is 19.9. The predicted octanol–water partition coefficient (Wildman–Crippen LogP) is 5.89. The van der Waals surface area contributed by atoms with E-state index in [0.717, 1.165) is 41.1 Å². The number of rotatable bonds is 8. The molecule has 0 spiro atoms. The van der Waals surface area contributed by atoms with Gasteiger partial charge in [0, 0.05) is 23.9 Å². The van der Waals surface area contributed by atoms with Gasteiger partial charge in [-0.2, -0.15) is 0 Å². The second kappa shape index (κ2) is 8.95. The van der Waals surface area contributed by atoms with Gasteiger partial charge in [-0.3, -0.25) is 0 Å². The van der Waals surface area contributed by atoms with E-state index in [4.69, 9.17) is 4.74 Å². The molecule has 154 valence electrons. The lowest BCUT2D eigenvalue weighted by Crippen LogP contribution is -2.06. The average Bonchev–Trinajstić information content (AvgIpc) is 3.18.